The van der Waals surface area contributed by atoms with Gasteiger partial charge < -0.3 is 16.2 Å². The van der Waals surface area contributed by atoms with Crippen molar-refractivity contribution < 1.29 is 9.90 Å². The largest absolute Gasteiger partial charge is 0.506 e. The lowest BCUT2D eigenvalue weighted by Gasteiger charge is -2.25. The second-order valence-electron chi connectivity index (χ2n) is 4.62. The summed E-state index contributed by atoms with van der Waals surface area (Å²) < 4.78 is 0. The van der Waals surface area contributed by atoms with Crippen LogP contribution in [0.3, 0.4) is 0 Å². The van der Waals surface area contributed by atoms with Crippen molar-refractivity contribution >= 4 is 11.6 Å². The van der Waals surface area contributed by atoms with Crippen LogP contribution in [0.25, 0.3) is 0 Å². The molecule has 2 rings (SSSR count). The number of para-hydroxylation sites is 2. The number of benzene rings is 1. The number of carbonyl (C=O) groups excluding carboxylic acids is 1. The molecule has 1 aromatic rings. The molecule has 0 unspecified atom stereocenters. The Hall–Kier alpha value is -1.55. The van der Waals surface area contributed by atoms with Crippen LogP contribution in [0.4, 0.5) is 5.69 Å². The predicted octanol–water partition coefficient (Wildman–Crippen LogP) is 1.85. The number of nitrogens with two attached hydrogens (primary N) is 1. The van der Waals surface area contributed by atoms with Gasteiger partial charge in [0.05, 0.1) is 5.69 Å². The van der Waals surface area contributed by atoms with E-state index < -0.39 is 0 Å². The summed E-state index contributed by atoms with van der Waals surface area (Å²) in [5.41, 5.74) is 6.28. The standard InChI is InChI=1S/C13H18N2O2/c14-10-7-5-9(6-8-10)13(17)15-11-3-1-2-4-12(11)16/h1-4,9-10,16H,5-8,14H2,(H,15,17). The summed E-state index contributed by atoms with van der Waals surface area (Å²) in [4.78, 5) is 12.0. The molecule has 0 aliphatic heterocycles. The van der Waals surface area contributed by atoms with Crippen LogP contribution in [0.5, 0.6) is 5.75 Å². The lowest BCUT2D eigenvalue weighted by molar-refractivity contribution is -0.120. The van der Waals surface area contributed by atoms with Gasteiger partial charge in [-0.3, -0.25) is 4.79 Å². The van der Waals surface area contributed by atoms with Crippen molar-refractivity contribution in [2.75, 3.05) is 5.32 Å². The molecule has 1 aliphatic rings. The smallest absolute Gasteiger partial charge is 0.227 e. The Morgan fingerprint density at radius 2 is 1.88 bits per heavy atom. The first-order valence-electron chi connectivity index (χ1n) is 6.01. The Balaban J connectivity index is 1.95. The molecule has 1 amide bonds. The number of aromatic hydroxyl groups is 1. The van der Waals surface area contributed by atoms with Crippen LogP contribution >= 0.6 is 0 Å². The minimum Gasteiger partial charge on any atom is -0.506 e. The van der Waals surface area contributed by atoms with Crippen molar-refractivity contribution in [3.05, 3.63) is 24.3 Å². The van der Waals surface area contributed by atoms with Gasteiger partial charge >= 0.3 is 0 Å². The van der Waals surface area contributed by atoms with E-state index in [4.69, 9.17) is 5.73 Å². The lowest BCUT2D eigenvalue weighted by Crippen LogP contribution is -2.32. The molecule has 0 atom stereocenters. The number of hydrogen-bond donors (Lipinski definition) is 3. The first-order valence-corrected chi connectivity index (χ1v) is 6.01. The summed E-state index contributed by atoms with van der Waals surface area (Å²) in [5, 5.41) is 12.3. The minimum atomic E-state index is -0.0154. The molecule has 1 aliphatic carbocycles. The number of phenols is 1. The molecule has 1 fully saturated rings. The monoisotopic (exact) mass is 234 g/mol. The van der Waals surface area contributed by atoms with E-state index in [2.05, 4.69) is 5.32 Å². The SMILES string of the molecule is NC1CCC(C(=O)Nc2ccccc2O)CC1. The molecule has 17 heavy (non-hydrogen) atoms. The molecule has 4 heteroatoms. The highest BCUT2D eigenvalue weighted by Gasteiger charge is 2.24. The van der Waals surface area contributed by atoms with E-state index >= 15 is 0 Å². The molecular formula is C13H18N2O2. The quantitative estimate of drug-likeness (QED) is 0.683. The van der Waals surface area contributed by atoms with Gasteiger partial charge in [0, 0.05) is 12.0 Å². The summed E-state index contributed by atoms with van der Waals surface area (Å²) in [7, 11) is 0. The summed E-state index contributed by atoms with van der Waals surface area (Å²) in [6.45, 7) is 0. The second-order valence-corrected chi connectivity index (χ2v) is 4.62. The Kier molecular flexibility index (Phi) is 3.64. The van der Waals surface area contributed by atoms with E-state index in [0.29, 0.717) is 5.69 Å². The van der Waals surface area contributed by atoms with Crippen LogP contribution in [-0.2, 0) is 4.79 Å². The topological polar surface area (TPSA) is 75.4 Å². The lowest BCUT2D eigenvalue weighted by atomic mass is 9.86. The molecule has 0 saturated heterocycles. The second kappa shape index (κ2) is 5.19. The maximum absolute atomic E-state index is 12.0. The number of phenolic OH excluding ortho intramolecular Hbond substituents is 1. The van der Waals surface area contributed by atoms with Gasteiger partial charge in [0.2, 0.25) is 5.91 Å². The predicted molar refractivity (Wildman–Crippen MR) is 66.7 cm³/mol. The van der Waals surface area contributed by atoms with Crippen LogP contribution < -0.4 is 11.1 Å². The van der Waals surface area contributed by atoms with Crippen molar-refractivity contribution in [1.82, 2.24) is 0 Å². The summed E-state index contributed by atoms with van der Waals surface area (Å²) >= 11 is 0. The number of hydrogen-bond acceptors (Lipinski definition) is 3. The number of anilines is 1. The van der Waals surface area contributed by atoms with Gasteiger partial charge in [-0.05, 0) is 37.8 Å². The van der Waals surface area contributed by atoms with Gasteiger partial charge in [-0.2, -0.15) is 0 Å². The molecule has 4 nitrogen and oxygen atoms in total. The number of rotatable bonds is 2. The van der Waals surface area contributed by atoms with Gasteiger partial charge in [-0.1, -0.05) is 12.1 Å². The van der Waals surface area contributed by atoms with Gasteiger partial charge in [0.25, 0.3) is 0 Å². The van der Waals surface area contributed by atoms with Crippen LogP contribution in [-0.4, -0.2) is 17.1 Å². The van der Waals surface area contributed by atoms with Crippen molar-refractivity contribution in [3.8, 4) is 5.75 Å². The van der Waals surface area contributed by atoms with Gasteiger partial charge in [-0.15, -0.1) is 0 Å². The zero-order chi connectivity index (χ0) is 12.3. The fourth-order valence-corrected chi connectivity index (χ4v) is 2.20. The zero-order valence-electron chi connectivity index (χ0n) is 9.73. The maximum Gasteiger partial charge on any atom is 0.227 e. The highest BCUT2D eigenvalue weighted by molar-refractivity contribution is 5.93. The van der Waals surface area contributed by atoms with Crippen molar-refractivity contribution in [2.24, 2.45) is 11.7 Å². The number of carbonyl (C=O) groups is 1. The zero-order valence-corrected chi connectivity index (χ0v) is 9.73. The van der Waals surface area contributed by atoms with Crippen molar-refractivity contribution in [1.29, 1.82) is 0 Å². The van der Waals surface area contributed by atoms with E-state index in [0.717, 1.165) is 25.7 Å². The fourth-order valence-electron chi connectivity index (χ4n) is 2.20. The highest BCUT2D eigenvalue weighted by atomic mass is 16.3. The van der Waals surface area contributed by atoms with Gasteiger partial charge in [0.1, 0.15) is 5.75 Å². The third-order valence-corrected chi connectivity index (χ3v) is 3.30. The molecule has 1 aromatic carbocycles. The van der Waals surface area contributed by atoms with Gasteiger partial charge in [-0.25, -0.2) is 0 Å². The van der Waals surface area contributed by atoms with E-state index in [-0.39, 0.29) is 23.6 Å². The maximum atomic E-state index is 12.0. The van der Waals surface area contributed by atoms with E-state index in [1.165, 1.54) is 0 Å². The first kappa shape index (κ1) is 11.9. The number of nitrogens with one attached hydrogen (secondary N) is 1. The van der Waals surface area contributed by atoms with E-state index in [1.54, 1.807) is 24.3 Å². The molecule has 92 valence electrons. The average molecular weight is 234 g/mol. The van der Waals surface area contributed by atoms with Crippen LogP contribution in [0.2, 0.25) is 0 Å². The number of amides is 1. The molecule has 0 heterocycles. The molecule has 0 radical (unpaired) electrons. The van der Waals surface area contributed by atoms with Crippen molar-refractivity contribution in [3.63, 3.8) is 0 Å². The first-order chi connectivity index (χ1) is 8.16. The summed E-state index contributed by atoms with van der Waals surface area (Å²) in [6, 6.07) is 7.01. The van der Waals surface area contributed by atoms with Crippen LogP contribution in [0, 0.1) is 5.92 Å². The third-order valence-electron chi connectivity index (χ3n) is 3.30. The molecule has 4 N–H and O–H groups in total. The highest BCUT2D eigenvalue weighted by Crippen LogP contribution is 2.27. The summed E-state index contributed by atoms with van der Waals surface area (Å²) in [6.07, 6.45) is 3.47. The fraction of sp³-hybridized carbons (Fsp3) is 0.462. The minimum absolute atomic E-state index is 0.0154. The van der Waals surface area contributed by atoms with E-state index in [1.807, 2.05) is 0 Å². The Bertz CT molecular complexity index is 398. The van der Waals surface area contributed by atoms with E-state index in [9.17, 15) is 9.90 Å². The summed E-state index contributed by atoms with van der Waals surface area (Å²) in [5.74, 6) is 0.112. The third kappa shape index (κ3) is 2.97. The molecule has 1 saturated carbocycles. The average Bonchev–Trinajstić information content (AvgIpc) is 2.33. The molecule has 0 aromatic heterocycles. The van der Waals surface area contributed by atoms with Gasteiger partial charge in [0.15, 0.2) is 0 Å². The van der Waals surface area contributed by atoms with Crippen LogP contribution in [0.15, 0.2) is 24.3 Å². The molecule has 0 bridgehead atoms. The Morgan fingerprint density at radius 3 is 2.53 bits per heavy atom. The Morgan fingerprint density at radius 1 is 1.24 bits per heavy atom. The van der Waals surface area contributed by atoms with Crippen LogP contribution in [0.1, 0.15) is 25.7 Å². The van der Waals surface area contributed by atoms with Crippen molar-refractivity contribution in [2.45, 2.75) is 31.7 Å². The Labute approximate surface area is 101 Å². The molecule has 0 spiro atoms. The normalized spacial score (nSPS) is 24.3. The molecular weight excluding hydrogens is 216 g/mol.